The lowest BCUT2D eigenvalue weighted by atomic mass is 9.89. The number of carbonyl (C=O) groups excluding carboxylic acids is 1. The van der Waals surface area contributed by atoms with E-state index in [1.807, 2.05) is 16.8 Å². The second-order valence-corrected chi connectivity index (χ2v) is 9.01. The molecule has 0 bridgehead atoms. The lowest BCUT2D eigenvalue weighted by Gasteiger charge is -2.31. The molecule has 26 heavy (non-hydrogen) atoms. The number of aromatic nitrogens is 2. The molecule has 0 radical (unpaired) electrons. The number of fused-ring (bicyclic) bond motifs is 3. The summed E-state index contributed by atoms with van der Waals surface area (Å²) in [5, 5.41) is 1.18. The van der Waals surface area contributed by atoms with Crippen molar-refractivity contribution in [2.24, 2.45) is 5.92 Å². The van der Waals surface area contributed by atoms with Crippen LogP contribution in [0.4, 0.5) is 5.82 Å². The van der Waals surface area contributed by atoms with Crippen molar-refractivity contribution >= 4 is 33.3 Å². The van der Waals surface area contributed by atoms with Crippen molar-refractivity contribution in [2.45, 2.75) is 26.2 Å². The van der Waals surface area contributed by atoms with Gasteiger partial charge < -0.3 is 14.7 Å². The molecule has 0 aromatic carbocycles. The molecule has 4 rings (SSSR count). The maximum absolute atomic E-state index is 12.7. The summed E-state index contributed by atoms with van der Waals surface area (Å²) in [5.74, 6) is 1.85. The average Bonchev–Trinajstić information content (AvgIpc) is 2.99. The number of rotatable bonds is 3. The summed E-state index contributed by atoms with van der Waals surface area (Å²) in [6.07, 6.45) is 5.10. The number of anilines is 1. The minimum Gasteiger partial charge on any atom is -0.350 e. The third-order valence-electron chi connectivity index (χ3n) is 5.78. The van der Waals surface area contributed by atoms with E-state index in [1.54, 1.807) is 17.7 Å². The van der Waals surface area contributed by atoms with Crippen molar-refractivity contribution < 1.29 is 9.69 Å². The first-order valence-electron chi connectivity index (χ1n) is 9.58. The first kappa shape index (κ1) is 17.7. The highest BCUT2D eigenvalue weighted by Crippen LogP contribution is 2.40. The van der Waals surface area contributed by atoms with Gasteiger partial charge in [0.1, 0.15) is 17.0 Å². The van der Waals surface area contributed by atoms with Crippen LogP contribution in [-0.2, 0) is 17.6 Å². The van der Waals surface area contributed by atoms with E-state index in [0.717, 1.165) is 55.6 Å². The van der Waals surface area contributed by atoms with Crippen LogP contribution in [0.15, 0.2) is 6.33 Å². The number of aryl methyl sites for hydroxylation is 1. The number of thiophene rings is 1. The number of hydrogen-bond donors (Lipinski definition) is 1. The summed E-state index contributed by atoms with van der Waals surface area (Å²) in [5.41, 5.74) is 1.42. The molecule has 1 N–H and O–H groups in total. The predicted molar refractivity (Wildman–Crippen MR) is 105 cm³/mol. The zero-order valence-electron chi connectivity index (χ0n) is 15.9. The average molecular weight is 375 g/mol. The van der Waals surface area contributed by atoms with Gasteiger partial charge in [-0.2, -0.15) is 0 Å². The summed E-state index contributed by atoms with van der Waals surface area (Å²) in [6.45, 7) is 6.47. The molecule has 7 heteroatoms. The number of nitrogens with zero attached hydrogens (tertiary/aromatic N) is 4. The molecule has 2 aromatic heterocycles. The molecule has 1 aliphatic heterocycles. The quantitative estimate of drug-likeness (QED) is 0.855. The molecular weight excluding hydrogens is 346 g/mol. The Balaban J connectivity index is 1.57. The van der Waals surface area contributed by atoms with Gasteiger partial charge in [0.25, 0.3) is 0 Å². The zero-order valence-corrected chi connectivity index (χ0v) is 16.7. The third kappa shape index (κ3) is 3.30. The summed E-state index contributed by atoms with van der Waals surface area (Å²) in [6, 6.07) is 0. The largest absolute Gasteiger partial charge is 0.350 e. The lowest BCUT2D eigenvalue weighted by molar-refractivity contribution is -0.883. The van der Waals surface area contributed by atoms with Gasteiger partial charge in [-0.1, -0.05) is 6.92 Å². The molecule has 6 nitrogen and oxygen atoms in total. The number of piperazine rings is 1. The van der Waals surface area contributed by atoms with Crippen LogP contribution in [0.5, 0.6) is 0 Å². The lowest BCUT2D eigenvalue weighted by Crippen LogP contribution is -3.12. The van der Waals surface area contributed by atoms with Crippen LogP contribution in [0.2, 0.25) is 0 Å². The van der Waals surface area contributed by atoms with Crippen LogP contribution in [-0.4, -0.2) is 67.6 Å². The van der Waals surface area contributed by atoms with Crippen LogP contribution in [0.25, 0.3) is 10.2 Å². The Kier molecular flexibility index (Phi) is 4.84. The predicted octanol–water partition coefficient (Wildman–Crippen LogP) is 0.609. The summed E-state index contributed by atoms with van der Waals surface area (Å²) >= 11 is 1.81. The smallest absolute Gasteiger partial charge is 0.242 e. The minimum absolute atomic E-state index is 0.199. The Labute approximate surface area is 158 Å². The van der Waals surface area contributed by atoms with E-state index in [-0.39, 0.29) is 5.91 Å². The van der Waals surface area contributed by atoms with Gasteiger partial charge in [0.05, 0.1) is 45.2 Å². The fourth-order valence-corrected chi connectivity index (χ4v) is 5.41. The van der Waals surface area contributed by atoms with Gasteiger partial charge in [0, 0.05) is 11.9 Å². The molecule has 140 valence electrons. The van der Waals surface area contributed by atoms with E-state index < -0.39 is 0 Å². The summed E-state index contributed by atoms with van der Waals surface area (Å²) in [7, 11) is 4.17. The highest BCUT2D eigenvalue weighted by atomic mass is 32.1. The van der Waals surface area contributed by atoms with Crippen LogP contribution < -0.4 is 9.80 Å². The number of likely N-dealkylation sites (N-methyl/N-ethyl adjacent to an activating group) is 2. The number of nitrogens with one attached hydrogen (secondary N) is 1. The molecule has 0 spiro atoms. The Morgan fingerprint density at radius 1 is 1.38 bits per heavy atom. The molecule has 1 fully saturated rings. The summed E-state index contributed by atoms with van der Waals surface area (Å²) < 4.78 is 0. The normalized spacial score (nSPS) is 21.0. The molecule has 0 saturated carbocycles. The Morgan fingerprint density at radius 3 is 2.92 bits per heavy atom. The Morgan fingerprint density at radius 2 is 2.15 bits per heavy atom. The number of carbonyl (C=O) groups is 1. The molecule has 0 unspecified atom stereocenters. The fraction of sp³-hybridized carbons (Fsp3) is 0.632. The molecule has 1 atom stereocenters. The van der Waals surface area contributed by atoms with Crippen LogP contribution in [0.3, 0.4) is 0 Å². The maximum Gasteiger partial charge on any atom is 0.242 e. The summed E-state index contributed by atoms with van der Waals surface area (Å²) in [4.78, 5) is 29.8. The number of amides is 1. The van der Waals surface area contributed by atoms with Crippen molar-refractivity contribution in [3.63, 3.8) is 0 Å². The van der Waals surface area contributed by atoms with Crippen molar-refractivity contribution in [2.75, 3.05) is 51.7 Å². The van der Waals surface area contributed by atoms with Gasteiger partial charge in [-0.25, -0.2) is 9.97 Å². The number of quaternary nitrogens is 1. The second-order valence-electron chi connectivity index (χ2n) is 7.92. The maximum atomic E-state index is 12.7. The molecule has 1 amide bonds. The van der Waals surface area contributed by atoms with Gasteiger partial charge in [0.2, 0.25) is 5.91 Å². The van der Waals surface area contributed by atoms with Gasteiger partial charge >= 0.3 is 0 Å². The molecular formula is C19H28N5OS+. The van der Waals surface area contributed by atoms with Crippen molar-refractivity contribution in [3.8, 4) is 0 Å². The highest BCUT2D eigenvalue weighted by Gasteiger charge is 2.26. The van der Waals surface area contributed by atoms with Crippen molar-refractivity contribution in [1.82, 2.24) is 14.9 Å². The molecule has 1 aliphatic carbocycles. The molecule has 3 heterocycles. The Hall–Kier alpha value is -1.73. The van der Waals surface area contributed by atoms with Crippen molar-refractivity contribution in [3.05, 3.63) is 16.8 Å². The number of hydrogen-bond acceptors (Lipinski definition) is 5. The van der Waals surface area contributed by atoms with Gasteiger partial charge in [-0.05, 0) is 30.7 Å². The highest BCUT2D eigenvalue weighted by molar-refractivity contribution is 7.19. The molecule has 2 aromatic rings. The first-order chi connectivity index (χ1) is 12.5. The second kappa shape index (κ2) is 7.12. The van der Waals surface area contributed by atoms with E-state index in [4.69, 9.17) is 0 Å². The minimum atomic E-state index is 0.199. The van der Waals surface area contributed by atoms with E-state index in [9.17, 15) is 4.79 Å². The fourth-order valence-electron chi connectivity index (χ4n) is 4.06. The van der Waals surface area contributed by atoms with Gasteiger partial charge in [-0.3, -0.25) is 4.79 Å². The van der Waals surface area contributed by atoms with Crippen molar-refractivity contribution in [1.29, 1.82) is 0 Å². The molecule has 2 aliphatic rings. The first-order valence-corrected chi connectivity index (χ1v) is 10.4. The van der Waals surface area contributed by atoms with E-state index in [2.05, 4.69) is 23.9 Å². The third-order valence-corrected chi connectivity index (χ3v) is 6.94. The van der Waals surface area contributed by atoms with Gasteiger partial charge in [-0.15, -0.1) is 11.3 Å². The Bertz CT molecular complexity index is 812. The standard InChI is InChI=1S/C19H27N5OS/c1-13-4-5-14-15(10-13)26-19-17(14)18(20-12-21-19)23(3)11-16(25)24-8-6-22(2)7-9-24/h12-13H,4-11H2,1-3H3/p+1/t13-/m1/s1. The van der Waals surface area contributed by atoms with Gasteiger partial charge in [0.15, 0.2) is 0 Å². The van der Waals surface area contributed by atoms with E-state index in [1.165, 1.54) is 27.1 Å². The van der Waals surface area contributed by atoms with E-state index >= 15 is 0 Å². The van der Waals surface area contributed by atoms with E-state index in [0.29, 0.717) is 6.54 Å². The zero-order chi connectivity index (χ0) is 18.3. The van der Waals surface area contributed by atoms with Crippen LogP contribution in [0, 0.1) is 5.92 Å². The monoisotopic (exact) mass is 374 g/mol. The van der Waals surface area contributed by atoms with Crippen LogP contribution >= 0.6 is 11.3 Å². The topological polar surface area (TPSA) is 53.8 Å². The SMILES string of the molecule is C[C@@H]1CCc2c(sc3ncnc(N(C)CC(=O)N4CC[NH+](C)CC4)c23)C1. The molecule has 1 saturated heterocycles. The van der Waals surface area contributed by atoms with Crippen LogP contribution in [0.1, 0.15) is 23.8 Å².